The summed E-state index contributed by atoms with van der Waals surface area (Å²) in [5, 5.41) is 11.9. The summed E-state index contributed by atoms with van der Waals surface area (Å²) in [5.41, 5.74) is 2.26. The van der Waals surface area contributed by atoms with Gasteiger partial charge in [-0.3, -0.25) is 0 Å². The molecular weight excluding hydrogens is 266 g/mol. The molecule has 5 nitrogen and oxygen atoms in total. The van der Waals surface area contributed by atoms with Gasteiger partial charge in [0.25, 0.3) is 0 Å². The SMILES string of the molecule is CC(CO)N(C)C(=O)NCc1ccc(N2CC=CC2)cc1. The Balaban J connectivity index is 1.84. The molecule has 1 heterocycles. The Kier molecular flexibility index (Phi) is 5.22. The number of benzene rings is 1. The zero-order valence-electron chi connectivity index (χ0n) is 12.6. The van der Waals surface area contributed by atoms with Gasteiger partial charge in [-0.05, 0) is 24.6 Å². The number of likely N-dealkylation sites (N-methyl/N-ethyl adjacent to an activating group) is 1. The van der Waals surface area contributed by atoms with Crippen molar-refractivity contribution in [1.29, 1.82) is 0 Å². The molecule has 0 aliphatic carbocycles. The van der Waals surface area contributed by atoms with E-state index in [0.29, 0.717) is 6.54 Å². The van der Waals surface area contributed by atoms with E-state index in [0.717, 1.165) is 18.7 Å². The highest BCUT2D eigenvalue weighted by Gasteiger charge is 2.14. The van der Waals surface area contributed by atoms with Crippen LogP contribution < -0.4 is 10.2 Å². The Hall–Kier alpha value is -2.01. The molecule has 0 fully saturated rings. The number of aliphatic hydroxyl groups excluding tert-OH is 1. The zero-order chi connectivity index (χ0) is 15.2. The molecule has 1 aliphatic rings. The summed E-state index contributed by atoms with van der Waals surface area (Å²) in [6, 6.07) is 7.86. The average Bonchev–Trinajstić information content (AvgIpc) is 3.06. The Morgan fingerprint density at radius 1 is 1.33 bits per heavy atom. The van der Waals surface area contributed by atoms with Gasteiger partial charge in [-0.2, -0.15) is 0 Å². The molecule has 1 aromatic carbocycles. The van der Waals surface area contributed by atoms with Gasteiger partial charge in [-0.15, -0.1) is 0 Å². The summed E-state index contributed by atoms with van der Waals surface area (Å²) in [5.74, 6) is 0. The van der Waals surface area contributed by atoms with E-state index >= 15 is 0 Å². The third-order valence-corrected chi connectivity index (χ3v) is 3.81. The first-order chi connectivity index (χ1) is 10.1. The molecule has 114 valence electrons. The van der Waals surface area contributed by atoms with Gasteiger partial charge >= 0.3 is 6.03 Å². The van der Waals surface area contributed by atoms with E-state index in [1.165, 1.54) is 10.6 Å². The van der Waals surface area contributed by atoms with Gasteiger partial charge in [0.05, 0.1) is 12.6 Å². The first-order valence-corrected chi connectivity index (χ1v) is 7.22. The highest BCUT2D eigenvalue weighted by Crippen LogP contribution is 2.17. The van der Waals surface area contributed by atoms with Gasteiger partial charge < -0.3 is 20.2 Å². The van der Waals surface area contributed by atoms with Crippen molar-refractivity contribution in [3.05, 3.63) is 42.0 Å². The fourth-order valence-electron chi connectivity index (χ4n) is 2.14. The molecule has 1 atom stereocenters. The molecule has 0 spiro atoms. The van der Waals surface area contributed by atoms with Gasteiger partial charge in [-0.1, -0.05) is 24.3 Å². The first kappa shape index (κ1) is 15.4. The van der Waals surface area contributed by atoms with Crippen LogP contribution in [-0.2, 0) is 6.54 Å². The standard InChI is InChI=1S/C16H23N3O2/c1-13(12-20)18(2)16(21)17-11-14-5-7-15(8-6-14)19-9-3-4-10-19/h3-8,13,20H,9-12H2,1-2H3,(H,17,21). The van der Waals surface area contributed by atoms with Crippen molar-refractivity contribution in [1.82, 2.24) is 10.2 Å². The molecule has 2 amide bonds. The number of hydrogen-bond acceptors (Lipinski definition) is 3. The summed E-state index contributed by atoms with van der Waals surface area (Å²) >= 11 is 0. The van der Waals surface area contributed by atoms with Gasteiger partial charge in [-0.25, -0.2) is 4.79 Å². The Morgan fingerprint density at radius 3 is 2.52 bits per heavy atom. The maximum absolute atomic E-state index is 11.9. The quantitative estimate of drug-likeness (QED) is 0.809. The number of amides is 2. The zero-order valence-corrected chi connectivity index (χ0v) is 12.6. The Labute approximate surface area is 125 Å². The molecule has 0 saturated carbocycles. The van der Waals surface area contributed by atoms with Crippen LogP contribution in [0.4, 0.5) is 10.5 Å². The maximum atomic E-state index is 11.9. The molecule has 1 unspecified atom stereocenters. The number of urea groups is 1. The molecular formula is C16H23N3O2. The second-order valence-corrected chi connectivity index (χ2v) is 5.34. The molecule has 0 bridgehead atoms. The van der Waals surface area contributed by atoms with Crippen molar-refractivity contribution in [3.8, 4) is 0 Å². The lowest BCUT2D eigenvalue weighted by Gasteiger charge is -2.23. The highest BCUT2D eigenvalue weighted by atomic mass is 16.3. The minimum absolute atomic E-state index is 0.0392. The molecule has 0 radical (unpaired) electrons. The molecule has 2 N–H and O–H groups in total. The third-order valence-electron chi connectivity index (χ3n) is 3.81. The summed E-state index contributed by atoms with van der Waals surface area (Å²) < 4.78 is 0. The fraction of sp³-hybridized carbons (Fsp3) is 0.438. The van der Waals surface area contributed by atoms with Crippen molar-refractivity contribution in [2.75, 3.05) is 31.6 Å². The molecule has 2 rings (SSSR count). The van der Waals surface area contributed by atoms with Gasteiger partial charge in [0.1, 0.15) is 0 Å². The molecule has 21 heavy (non-hydrogen) atoms. The van der Waals surface area contributed by atoms with E-state index in [2.05, 4.69) is 34.5 Å². The Bertz CT molecular complexity index is 491. The normalized spacial score (nSPS) is 15.1. The molecule has 5 heteroatoms. The van der Waals surface area contributed by atoms with Crippen molar-refractivity contribution in [3.63, 3.8) is 0 Å². The number of nitrogens with zero attached hydrogens (tertiary/aromatic N) is 2. The predicted octanol–water partition coefficient (Wildman–Crippen LogP) is 1.58. The topological polar surface area (TPSA) is 55.8 Å². The third kappa shape index (κ3) is 3.98. The minimum Gasteiger partial charge on any atom is -0.394 e. The van der Waals surface area contributed by atoms with E-state index < -0.39 is 0 Å². The first-order valence-electron chi connectivity index (χ1n) is 7.22. The maximum Gasteiger partial charge on any atom is 0.317 e. The van der Waals surface area contributed by atoms with Crippen LogP contribution in [0.2, 0.25) is 0 Å². The van der Waals surface area contributed by atoms with Crippen molar-refractivity contribution >= 4 is 11.7 Å². The van der Waals surface area contributed by atoms with Gasteiger partial charge in [0.15, 0.2) is 0 Å². The monoisotopic (exact) mass is 289 g/mol. The van der Waals surface area contributed by atoms with Crippen LogP contribution >= 0.6 is 0 Å². The summed E-state index contributed by atoms with van der Waals surface area (Å²) in [7, 11) is 1.68. The molecule has 1 aromatic rings. The van der Waals surface area contributed by atoms with Crippen LogP contribution in [0.5, 0.6) is 0 Å². The lowest BCUT2D eigenvalue weighted by molar-refractivity contribution is 0.157. The number of carbonyl (C=O) groups is 1. The van der Waals surface area contributed by atoms with Crippen LogP contribution in [0, 0.1) is 0 Å². The lowest BCUT2D eigenvalue weighted by Crippen LogP contribution is -2.43. The highest BCUT2D eigenvalue weighted by molar-refractivity contribution is 5.74. The van der Waals surface area contributed by atoms with Crippen molar-refractivity contribution < 1.29 is 9.90 Å². The summed E-state index contributed by atoms with van der Waals surface area (Å²) in [6.07, 6.45) is 4.32. The van der Waals surface area contributed by atoms with E-state index in [-0.39, 0.29) is 18.7 Å². The number of carbonyl (C=O) groups excluding carboxylic acids is 1. The van der Waals surface area contributed by atoms with Crippen LogP contribution in [0.1, 0.15) is 12.5 Å². The van der Waals surface area contributed by atoms with E-state index in [4.69, 9.17) is 5.11 Å². The summed E-state index contributed by atoms with van der Waals surface area (Å²) in [4.78, 5) is 15.7. The van der Waals surface area contributed by atoms with E-state index in [9.17, 15) is 4.79 Å². The fourth-order valence-corrected chi connectivity index (χ4v) is 2.14. The van der Waals surface area contributed by atoms with Crippen LogP contribution in [0.15, 0.2) is 36.4 Å². The average molecular weight is 289 g/mol. The largest absolute Gasteiger partial charge is 0.394 e. The summed E-state index contributed by atoms with van der Waals surface area (Å²) in [6.45, 7) is 4.17. The van der Waals surface area contributed by atoms with E-state index in [1.54, 1.807) is 14.0 Å². The predicted molar refractivity (Wildman–Crippen MR) is 84.3 cm³/mol. The molecule has 1 aliphatic heterocycles. The minimum atomic E-state index is -0.185. The van der Waals surface area contributed by atoms with Crippen molar-refractivity contribution in [2.45, 2.75) is 19.5 Å². The number of hydrogen-bond donors (Lipinski definition) is 2. The smallest absolute Gasteiger partial charge is 0.317 e. The molecule has 0 aromatic heterocycles. The van der Waals surface area contributed by atoms with E-state index in [1.807, 2.05) is 12.1 Å². The lowest BCUT2D eigenvalue weighted by atomic mass is 10.2. The number of anilines is 1. The van der Waals surface area contributed by atoms with Gasteiger partial charge in [0, 0.05) is 32.4 Å². The molecule has 0 saturated heterocycles. The van der Waals surface area contributed by atoms with Crippen LogP contribution in [0.3, 0.4) is 0 Å². The van der Waals surface area contributed by atoms with Crippen LogP contribution in [0.25, 0.3) is 0 Å². The van der Waals surface area contributed by atoms with Gasteiger partial charge in [0.2, 0.25) is 0 Å². The number of nitrogens with one attached hydrogen (secondary N) is 1. The number of rotatable bonds is 5. The number of aliphatic hydroxyl groups is 1. The van der Waals surface area contributed by atoms with Crippen LogP contribution in [-0.4, -0.2) is 48.8 Å². The Morgan fingerprint density at radius 2 is 1.95 bits per heavy atom. The second kappa shape index (κ2) is 7.13. The van der Waals surface area contributed by atoms with Crippen molar-refractivity contribution in [2.24, 2.45) is 0 Å². The second-order valence-electron chi connectivity index (χ2n) is 5.34.